The van der Waals surface area contributed by atoms with Crippen LogP contribution < -0.4 is 0 Å². The minimum atomic E-state index is -6.00. The summed E-state index contributed by atoms with van der Waals surface area (Å²) in [6, 6.07) is 18.7. The van der Waals surface area contributed by atoms with Crippen molar-refractivity contribution in [3.8, 4) is 0 Å². The maximum Gasteiger partial charge on any atom is 0.673 e. The molecule has 0 unspecified atom stereocenters. The normalized spacial score (nSPS) is 25.4. The molecule has 0 saturated heterocycles. The Kier molecular flexibility index (Phi) is 13.3. The fourth-order valence-electron chi connectivity index (χ4n) is 5.68. The first-order valence-electron chi connectivity index (χ1n) is 14.0. The summed E-state index contributed by atoms with van der Waals surface area (Å²) >= 11 is 0. The summed E-state index contributed by atoms with van der Waals surface area (Å²) in [6.07, 6.45) is 16.6. The van der Waals surface area contributed by atoms with Crippen molar-refractivity contribution in [2.75, 3.05) is 0 Å². The molecule has 223 valence electrons. The second-order valence-electron chi connectivity index (χ2n) is 12.5. The van der Waals surface area contributed by atoms with Crippen molar-refractivity contribution in [3.05, 3.63) is 95.1 Å². The van der Waals surface area contributed by atoms with Crippen molar-refractivity contribution >= 4 is 23.1 Å². The van der Waals surface area contributed by atoms with E-state index in [1.165, 1.54) is 38.0 Å². The standard InChI is InChI=1S/C24H32P2.C8H12.BF4.Rh/c1-23(2,3)25-15-17-11-7-9-13-19(17)21(25)22-20-14-10-8-12-18(20)16-26(22)24(4,5)6;1-2-4-6-8-7-5-3-1;2-1(3,4)5;/h7-14,21-22H,15-16H2,1-6H3;1-2,7-8H,3-6H2;;/q;;-1;/b;2-1-,8-7-;;/t21-,22-,25-,26+;;;/m1.../s1. The smallest absolute Gasteiger partial charge is 0.418 e. The molecule has 0 nitrogen and oxygen atoms in total. The summed E-state index contributed by atoms with van der Waals surface area (Å²) in [5.74, 6) is 0. The summed E-state index contributed by atoms with van der Waals surface area (Å²) in [6.45, 7) is 14.9. The predicted molar refractivity (Wildman–Crippen MR) is 166 cm³/mol. The SMILES string of the molecule is C1=C\CC/C=C\CC/1.CC(C)(C)[P@]1Cc2ccccc2[C@@H]1[C@H]1c2ccccc2C[P@]1C(C)(C)C.F[B-](F)(F)F.[Rh]. The van der Waals surface area contributed by atoms with E-state index in [0.717, 1.165) is 11.3 Å². The van der Waals surface area contributed by atoms with Crippen molar-refractivity contribution in [3.63, 3.8) is 0 Å². The van der Waals surface area contributed by atoms with Crippen LogP contribution in [-0.4, -0.2) is 17.6 Å². The van der Waals surface area contributed by atoms with Gasteiger partial charge in [-0.25, -0.2) is 0 Å². The molecule has 0 aromatic heterocycles. The first-order valence-corrected chi connectivity index (χ1v) is 17.2. The zero-order valence-electron chi connectivity index (χ0n) is 24.6. The molecular formula is C32H44BF4P2Rh-. The minimum Gasteiger partial charge on any atom is -0.418 e. The molecule has 1 radical (unpaired) electrons. The van der Waals surface area contributed by atoms with Gasteiger partial charge in [0.25, 0.3) is 0 Å². The number of halogens is 4. The number of allylic oxidation sites excluding steroid dienone is 4. The van der Waals surface area contributed by atoms with Gasteiger partial charge < -0.3 is 17.3 Å². The Bertz CT molecular complexity index is 1030. The zero-order valence-corrected chi connectivity index (χ0v) is 28.1. The first kappa shape index (κ1) is 35.4. The molecule has 8 heteroatoms. The molecule has 1 aliphatic carbocycles. The molecule has 0 N–H and O–H groups in total. The van der Waals surface area contributed by atoms with Crippen LogP contribution in [0.5, 0.6) is 0 Å². The Labute approximate surface area is 255 Å². The van der Waals surface area contributed by atoms with Gasteiger partial charge in [-0.15, -0.1) is 0 Å². The molecule has 2 aromatic rings. The third kappa shape index (κ3) is 10.2. The van der Waals surface area contributed by atoms with E-state index in [4.69, 9.17) is 0 Å². The average Bonchev–Trinajstić information content (AvgIpc) is 3.36. The zero-order chi connectivity index (χ0) is 28.8. The molecule has 2 aromatic carbocycles. The maximum absolute atomic E-state index is 9.75. The van der Waals surface area contributed by atoms with E-state index >= 15 is 0 Å². The number of rotatable bonds is 1. The van der Waals surface area contributed by atoms with Gasteiger partial charge in [0.15, 0.2) is 0 Å². The fraction of sp³-hybridized carbons (Fsp3) is 0.500. The van der Waals surface area contributed by atoms with E-state index in [9.17, 15) is 17.3 Å². The minimum absolute atomic E-state index is 0. The van der Waals surface area contributed by atoms with Gasteiger partial charge >= 0.3 is 7.25 Å². The molecule has 3 aliphatic rings. The number of fused-ring (bicyclic) bond motifs is 2. The Hall–Kier alpha value is -0.812. The third-order valence-corrected chi connectivity index (χ3v) is 15.0. The van der Waals surface area contributed by atoms with Crippen LogP contribution in [0.1, 0.15) is 101 Å². The van der Waals surface area contributed by atoms with Crippen LogP contribution in [0, 0.1) is 0 Å². The largest absolute Gasteiger partial charge is 0.673 e. The van der Waals surface area contributed by atoms with Gasteiger partial charge in [0.05, 0.1) is 0 Å². The van der Waals surface area contributed by atoms with Crippen molar-refractivity contribution in [2.24, 2.45) is 0 Å². The number of hydrogen-bond donors (Lipinski definition) is 0. The van der Waals surface area contributed by atoms with Gasteiger partial charge in [0, 0.05) is 30.8 Å². The Morgan fingerprint density at radius 1 is 0.575 bits per heavy atom. The maximum atomic E-state index is 9.75. The summed E-state index contributed by atoms with van der Waals surface area (Å²) in [7, 11) is -6.14. The van der Waals surface area contributed by atoms with Gasteiger partial charge in [0.2, 0.25) is 0 Å². The predicted octanol–water partition coefficient (Wildman–Crippen LogP) is 12.0. The second-order valence-corrected chi connectivity index (χ2v) is 18.8. The van der Waals surface area contributed by atoms with Crippen molar-refractivity contribution in [2.45, 2.75) is 101 Å². The fourth-order valence-corrected chi connectivity index (χ4v) is 13.1. The van der Waals surface area contributed by atoms with Crippen molar-refractivity contribution in [1.29, 1.82) is 0 Å². The molecular weight excluding hydrogens is 636 g/mol. The van der Waals surface area contributed by atoms with E-state index in [1.54, 1.807) is 22.3 Å². The van der Waals surface area contributed by atoms with Crippen LogP contribution in [-0.2, 0) is 31.8 Å². The molecule has 2 aliphatic heterocycles. The van der Waals surface area contributed by atoms with E-state index in [1.807, 2.05) is 0 Å². The van der Waals surface area contributed by atoms with Crippen molar-refractivity contribution in [1.82, 2.24) is 0 Å². The number of benzene rings is 2. The average molecular weight is 680 g/mol. The first-order chi connectivity index (χ1) is 18.2. The Morgan fingerprint density at radius 2 is 0.850 bits per heavy atom. The van der Waals surface area contributed by atoms with Gasteiger partial charge in [-0.05, 0) is 70.6 Å². The van der Waals surface area contributed by atoms with Crippen LogP contribution in [0.3, 0.4) is 0 Å². The summed E-state index contributed by atoms with van der Waals surface area (Å²) in [5, 5.41) is 0.797. The molecule has 2 heterocycles. The van der Waals surface area contributed by atoms with E-state index in [-0.39, 0.29) is 35.3 Å². The van der Waals surface area contributed by atoms with Crippen LogP contribution in [0.4, 0.5) is 17.3 Å². The Morgan fingerprint density at radius 3 is 1.12 bits per heavy atom. The van der Waals surface area contributed by atoms with Crippen LogP contribution in [0.25, 0.3) is 0 Å². The molecule has 0 bridgehead atoms. The van der Waals surface area contributed by atoms with Crippen LogP contribution >= 0.6 is 15.8 Å². The van der Waals surface area contributed by atoms with Crippen LogP contribution in [0.15, 0.2) is 72.8 Å². The van der Waals surface area contributed by atoms with Crippen molar-refractivity contribution < 1.29 is 36.7 Å². The van der Waals surface area contributed by atoms with E-state index < -0.39 is 7.25 Å². The summed E-state index contributed by atoms with van der Waals surface area (Å²) in [4.78, 5) is 0. The molecule has 5 rings (SSSR count). The summed E-state index contributed by atoms with van der Waals surface area (Å²) in [5.41, 5.74) is 8.07. The molecule has 4 atom stereocenters. The third-order valence-electron chi connectivity index (χ3n) is 7.46. The second kappa shape index (κ2) is 15.1. The molecule has 0 saturated carbocycles. The van der Waals surface area contributed by atoms with Crippen LogP contribution in [0.2, 0.25) is 0 Å². The topological polar surface area (TPSA) is 0 Å². The molecule has 0 amide bonds. The van der Waals surface area contributed by atoms with Gasteiger partial charge in [0.1, 0.15) is 0 Å². The summed E-state index contributed by atoms with van der Waals surface area (Å²) < 4.78 is 39.0. The molecule has 0 spiro atoms. The number of hydrogen-bond acceptors (Lipinski definition) is 0. The van der Waals surface area contributed by atoms with Gasteiger partial charge in [-0.3, -0.25) is 0 Å². The van der Waals surface area contributed by atoms with E-state index in [0.29, 0.717) is 10.3 Å². The van der Waals surface area contributed by atoms with Gasteiger partial charge in [-0.2, -0.15) is 0 Å². The monoisotopic (exact) mass is 680 g/mol. The molecule has 40 heavy (non-hydrogen) atoms. The quantitative estimate of drug-likeness (QED) is 0.122. The van der Waals surface area contributed by atoms with Gasteiger partial charge in [-0.1, -0.05) is 130 Å². The Balaban J connectivity index is 0.000000333. The molecule has 0 fully saturated rings. The van der Waals surface area contributed by atoms with E-state index in [2.05, 4.69) is 114 Å².